The van der Waals surface area contributed by atoms with Crippen LogP contribution in [-0.2, 0) is 0 Å². The molecule has 0 atom stereocenters. The molecular weight excluding hydrogens is 260 g/mol. The summed E-state index contributed by atoms with van der Waals surface area (Å²) in [6, 6.07) is 32.7. The maximum absolute atomic E-state index is 2.26. The molecule has 100 valence electrons. The summed E-state index contributed by atoms with van der Waals surface area (Å²) in [6.07, 6.45) is 0. The fourth-order valence-corrected chi connectivity index (χ4v) is 5.49. The van der Waals surface area contributed by atoms with Crippen molar-refractivity contribution in [1.82, 2.24) is 0 Å². The lowest BCUT2D eigenvalue weighted by atomic mass is 10.3. The number of hydrogen-bond donors (Lipinski definition) is 0. The van der Waals surface area contributed by atoms with Crippen LogP contribution in [0, 0.1) is 0 Å². The van der Waals surface area contributed by atoms with E-state index in [1.165, 1.54) is 15.6 Å². The molecule has 3 aromatic rings. The van der Waals surface area contributed by atoms with Gasteiger partial charge in [-0.25, -0.2) is 0 Å². The van der Waals surface area contributed by atoms with Crippen LogP contribution in [0.5, 0.6) is 0 Å². The standard InChI is InChI=1S/C18H16Si.H2O/c1-4-10-16(11-5-1)19(17-12-6-2-7-13-17)18-14-8-3-9-15-18;/h1-15,19H;1H2. The Hall–Kier alpha value is -2.16. The minimum Gasteiger partial charge on any atom is -0.412 e. The van der Waals surface area contributed by atoms with E-state index in [9.17, 15) is 0 Å². The van der Waals surface area contributed by atoms with E-state index < -0.39 is 8.80 Å². The van der Waals surface area contributed by atoms with E-state index in [1.54, 1.807) is 0 Å². The van der Waals surface area contributed by atoms with E-state index in [2.05, 4.69) is 91.0 Å². The highest BCUT2D eigenvalue weighted by Gasteiger charge is 2.17. The molecule has 0 saturated carbocycles. The zero-order chi connectivity index (χ0) is 12.9. The Morgan fingerprint density at radius 1 is 0.400 bits per heavy atom. The first-order chi connectivity index (χ1) is 9.45. The third-order valence-electron chi connectivity index (χ3n) is 3.40. The molecule has 2 N–H and O–H groups in total. The molecule has 0 saturated heterocycles. The van der Waals surface area contributed by atoms with E-state index in [4.69, 9.17) is 0 Å². The predicted molar refractivity (Wildman–Crippen MR) is 89.0 cm³/mol. The summed E-state index contributed by atoms with van der Waals surface area (Å²) in [5.41, 5.74) is 0. The quantitative estimate of drug-likeness (QED) is 0.508. The van der Waals surface area contributed by atoms with Crippen molar-refractivity contribution in [3.63, 3.8) is 0 Å². The Kier molecular flexibility index (Phi) is 4.88. The SMILES string of the molecule is O.c1ccc([SiH](c2ccccc2)c2ccccc2)cc1. The van der Waals surface area contributed by atoms with Gasteiger partial charge < -0.3 is 5.48 Å². The first-order valence-corrected chi connectivity index (χ1v) is 8.33. The van der Waals surface area contributed by atoms with Crippen LogP contribution in [0.1, 0.15) is 0 Å². The van der Waals surface area contributed by atoms with Crippen molar-refractivity contribution in [3.05, 3.63) is 91.0 Å². The summed E-state index contributed by atoms with van der Waals surface area (Å²) in [4.78, 5) is 0. The summed E-state index contributed by atoms with van der Waals surface area (Å²) in [6.45, 7) is 0. The van der Waals surface area contributed by atoms with Gasteiger partial charge in [0, 0.05) is 0 Å². The van der Waals surface area contributed by atoms with Crippen molar-refractivity contribution in [3.8, 4) is 0 Å². The largest absolute Gasteiger partial charge is 0.412 e. The van der Waals surface area contributed by atoms with Gasteiger partial charge in [0.05, 0.1) is 0 Å². The molecule has 0 fully saturated rings. The van der Waals surface area contributed by atoms with Gasteiger partial charge in [-0.1, -0.05) is 107 Å². The summed E-state index contributed by atoms with van der Waals surface area (Å²) in [5.74, 6) is 0. The van der Waals surface area contributed by atoms with Crippen LogP contribution in [0.25, 0.3) is 0 Å². The monoisotopic (exact) mass is 278 g/mol. The average molecular weight is 278 g/mol. The lowest BCUT2D eigenvalue weighted by Gasteiger charge is -2.16. The van der Waals surface area contributed by atoms with Crippen molar-refractivity contribution in [1.29, 1.82) is 0 Å². The summed E-state index contributed by atoms with van der Waals surface area (Å²) < 4.78 is 0. The highest BCUT2D eigenvalue weighted by atomic mass is 28.3. The summed E-state index contributed by atoms with van der Waals surface area (Å²) >= 11 is 0. The number of rotatable bonds is 3. The molecule has 2 heteroatoms. The molecule has 0 amide bonds. The summed E-state index contributed by atoms with van der Waals surface area (Å²) in [5, 5.41) is 4.42. The number of hydrogen-bond acceptors (Lipinski definition) is 0. The van der Waals surface area contributed by atoms with Crippen molar-refractivity contribution in [2.24, 2.45) is 0 Å². The minimum absolute atomic E-state index is 0. The van der Waals surface area contributed by atoms with Crippen molar-refractivity contribution < 1.29 is 5.48 Å². The van der Waals surface area contributed by atoms with Gasteiger partial charge in [0.15, 0.2) is 0 Å². The molecule has 0 aliphatic carbocycles. The Morgan fingerprint density at radius 2 is 0.650 bits per heavy atom. The maximum atomic E-state index is 2.26. The highest BCUT2D eigenvalue weighted by molar-refractivity contribution is 6.95. The molecule has 0 unspecified atom stereocenters. The third-order valence-corrected chi connectivity index (χ3v) is 6.55. The second kappa shape index (κ2) is 6.85. The molecular formula is C18H18OSi. The number of benzene rings is 3. The lowest BCUT2D eigenvalue weighted by molar-refractivity contribution is 0.824. The van der Waals surface area contributed by atoms with E-state index in [1.807, 2.05) is 0 Å². The van der Waals surface area contributed by atoms with Gasteiger partial charge in [-0.15, -0.1) is 0 Å². The summed E-state index contributed by atoms with van der Waals surface area (Å²) in [7, 11) is -1.31. The average Bonchev–Trinajstić information content (AvgIpc) is 2.51. The molecule has 20 heavy (non-hydrogen) atoms. The zero-order valence-electron chi connectivity index (χ0n) is 11.2. The van der Waals surface area contributed by atoms with E-state index in [-0.39, 0.29) is 5.48 Å². The second-order valence-electron chi connectivity index (χ2n) is 4.67. The predicted octanol–water partition coefficient (Wildman–Crippen LogP) is 1.11. The molecule has 3 aromatic carbocycles. The topological polar surface area (TPSA) is 31.5 Å². The van der Waals surface area contributed by atoms with E-state index in [0.29, 0.717) is 0 Å². The van der Waals surface area contributed by atoms with E-state index in [0.717, 1.165) is 0 Å². The van der Waals surface area contributed by atoms with Crippen LogP contribution in [0.3, 0.4) is 0 Å². The van der Waals surface area contributed by atoms with Crippen LogP contribution in [0.2, 0.25) is 0 Å². The highest BCUT2D eigenvalue weighted by Crippen LogP contribution is 1.95. The van der Waals surface area contributed by atoms with Crippen LogP contribution in [0.4, 0.5) is 0 Å². The molecule has 0 heterocycles. The normalized spacial score (nSPS) is 10.1. The third kappa shape index (κ3) is 3.04. The van der Waals surface area contributed by atoms with Gasteiger partial charge in [-0.2, -0.15) is 0 Å². The Labute approximate surface area is 121 Å². The molecule has 3 rings (SSSR count). The van der Waals surface area contributed by atoms with Gasteiger partial charge in [0.25, 0.3) is 0 Å². The van der Waals surface area contributed by atoms with Gasteiger partial charge in [0.2, 0.25) is 0 Å². The Morgan fingerprint density at radius 3 is 0.900 bits per heavy atom. The van der Waals surface area contributed by atoms with Gasteiger partial charge in [0.1, 0.15) is 8.80 Å². The fraction of sp³-hybridized carbons (Fsp3) is 0. The van der Waals surface area contributed by atoms with E-state index >= 15 is 0 Å². The molecule has 0 aromatic heterocycles. The first kappa shape index (κ1) is 14.3. The second-order valence-corrected chi connectivity index (χ2v) is 7.53. The smallest absolute Gasteiger partial charge is 0.132 e. The molecule has 0 aliphatic rings. The molecule has 0 bridgehead atoms. The first-order valence-electron chi connectivity index (χ1n) is 6.60. The van der Waals surface area contributed by atoms with Crippen molar-refractivity contribution >= 4 is 24.4 Å². The molecule has 1 nitrogen and oxygen atoms in total. The molecule has 0 radical (unpaired) electrons. The fourth-order valence-electron chi connectivity index (χ4n) is 2.51. The van der Waals surface area contributed by atoms with Crippen LogP contribution in [-0.4, -0.2) is 14.3 Å². The van der Waals surface area contributed by atoms with Crippen LogP contribution < -0.4 is 15.6 Å². The lowest BCUT2D eigenvalue weighted by Crippen LogP contribution is -2.51. The Balaban J connectivity index is 0.00000147. The van der Waals surface area contributed by atoms with Crippen molar-refractivity contribution in [2.75, 3.05) is 0 Å². The zero-order valence-corrected chi connectivity index (χ0v) is 12.4. The Bertz CT molecular complexity index is 529. The minimum atomic E-state index is -1.31. The van der Waals surface area contributed by atoms with Gasteiger partial charge >= 0.3 is 0 Å². The van der Waals surface area contributed by atoms with Crippen LogP contribution >= 0.6 is 0 Å². The van der Waals surface area contributed by atoms with Crippen LogP contribution in [0.15, 0.2) is 91.0 Å². The van der Waals surface area contributed by atoms with Crippen molar-refractivity contribution in [2.45, 2.75) is 0 Å². The van der Waals surface area contributed by atoms with Gasteiger partial charge in [-0.05, 0) is 0 Å². The molecule has 0 aliphatic heterocycles. The maximum Gasteiger partial charge on any atom is 0.132 e. The van der Waals surface area contributed by atoms with Gasteiger partial charge in [-0.3, -0.25) is 0 Å². The molecule has 0 spiro atoms.